The fourth-order valence-corrected chi connectivity index (χ4v) is 1.60. The Hall–Kier alpha value is -1.79. The van der Waals surface area contributed by atoms with Crippen molar-refractivity contribution in [2.24, 2.45) is 0 Å². The van der Waals surface area contributed by atoms with Crippen molar-refractivity contribution >= 4 is 34.9 Å². The van der Waals surface area contributed by atoms with Crippen LogP contribution in [0.25, 0.3) is 0 Å². The molecule has 6 nitrogen and oxygen atoms in total. The zero-order chi connectivity index (χ0) is 13.8. The molecule has 0 aliphatic rings. The van der Waals surface area contributed by atoms with Crippen LogP contribution >= 0.6 is 23.2 Å². The molecule has 0 bridgehead atoms. The van der Waals surface area contributed by atoms with E-state index in [4.69, 9.17) is 27.9 Å². The predicted octanol–water partition coefficient (Wildman–Crippen LogP) is 2.70. The van der Waals surface area contributed by atoms with E-state index >= 15 is 0 Å². The highest BCUT2D eigenvalue weighted by molar-refractivity contribution is 6.42. The van der Waals surface area contributed by atoms with Crippen molar-refractivity contribution in [1.29, 1.82) is 0 Å². The number of carbonyl (C=O) groups excluding carboxylic acids is 1. The van der Waals surface area contributed by atoms with Crippen LogP contribution in [0.2, 0.25) is 10.0 Å². The Labute approximate surface area is 118 Å². The average Bonchev–Trinajstić information content (AvgIpc) is 2.77. The minimum Gasteiger partial charge on any atom is -0.482 e. The first-order valence-electron chi connectivity index (χ1n) is 5.23. The largest absolute Gasteiger partial charge is 0.482 e. The Morgan fingerprint density at radius 1 is 1.42 bits per heavy atom. The first-order valence-corrected chi connectivity index (χ1v) is 5.99. The molecule has 2 aromatic rings. The van der Waals surface area contributed by atoms with Crippen molar-refractivity contribution < 1.29 is 14.2 Å². The maximum atomic E-state index is 11.6. The molecule has 0 saturated heterocycles. The number of aromatic nitrogens is 2. The van der Waals surface area contributed by atoms with Crippen LogP contribution in [0.3, 0.4) is 0 Å². The standard InChI is InChI=1S/C11H9Cl2N3O3/c1-6-11(16-19-15-6)14-9(17)5-18-8-4-2-3-7(12)10(8)13/h2-4H,5H2,1H3,(H,14,16,17). The number of halogens is 2. The van der Waals surface area contributed by atoms with Gasteiger partial charge in [0.05, 0.1) is 5.02 Å². The molecule has 0 saturated carbocycles. The lowest BCUT2D eigenvalue weighted by molar-refractivity contribution is -0.118. The average molecular weight is 302 g/mol. The highest BCUT2D eigenvalue weighted by atomic mass is 35.5. The van der Waals surface area contributed by atoms with Gasteiger partial charge < -0.3 is 10.1 Å². The molecule has 1 amide bonds. The molecule has 1 heterocycles. The predicted molar refractivity (Wildman–Crippen MR) is 69.6 cm³/mol. The number of benzene rings is 1. The molecular weight excluding hydrogens is 293 g/mol. The van der Waals surface area contributed by atoms with Crippen LogP contribution in [0.4, 0.5) is 5.82 Å². The van der Waals surface area contributed by atoms with Gasteiger partial charge in [0.2, 0.25) is 0 Å². The van der Waals surface area contributed by atoms with Crippen molar-refractivity contribution in [3.63, 3.8) is 0 Å². The summed E-state index contributed by atoms with van der Waals surface area (Å²) in [6.07, 6.45) is 0. The zero-order valence-corrected chi connectivity index (χ0v) is 11.3. The van der Waals surface area contributed by atoms with Crippen LogP contribution in [0.5, 0.6) is 5.75 Å². The summed E-state index contributed by atoms with van der Waals surface area (Å²) in [6, 6.07) is 4.92. The molecule has 0 unspecified atom stereocenters. The van der Waals surface area contributed by atoms with Gasteiger partial charge in [-0.05, 0) is 24.2 Å². The lowest BCUT2D eigenvalue weighted by atomic mass is 10.3. The van der Waals surface area contributed by atoms with Gasteiger partial charge in [-0.2, -0.15) is 0 Å². The van der Waals surface area contributed by atoms with Gasteiger partial charge in [0, 0.05) is 0 Å². The fourth-order valence-electron chi connectivity index (χ4n) is 1.25. The quantitative estimate of drug-likeness (QED) is 0.939. The summed E-state index contributed by atoms with van der Waals surface area (Å²) >= 11 is 11.7. The molecule has 1 aromatic carbocycles. The van der Waals surface area contributed by atoms with Crippen LogP contribution in [-0.2, 0) is 4.79 Å². The summed E-state index contributed by atoms with van der Waals surface area (Å²) in [7, 11) is 0. The molecule has 2 rings (SSSR count). The third kappa shape index (κ3) is 3.36. The topological polar surface area (TPSA) is 77.3 Å². The lowest BCUT2D eigenvalue weighted by Gasteiger charge is -2.08. The van der Waals surface area contributed by atoms with E-state index in [0.29, 0.717) is 16.5 Å². The van der Waals surface area contributed by atoms with Crippen molar-refractivity contribution in [3.05, 3.63) is 33.9 Å². The Bertz CT molecular complexity index is 601. The van der Waals surface area contributed by atoms with Gasteiger partial charge in [-0.3, -0.25) is 4.79 Å². The number of ether oxygens (including phenoxy) is 1. The molecule has 1 N–H and O–H groups in total. The van der Waals surface area contributed by atoms with Gasteiger partial charge in [0.1, 0.15) is 16.5 Å². The molecule has 0 fully saturated rings. The molecular formula is C11H9Cl2N3O3. The van der Waals surface area contributed by atoms with Crippen LogP contribution in [0.15, 0.2) is 22.8 Å². The Morgan fingerprint density at radius 3 is 2.89 bits per heavy atom. The third-order valence-corrected chi connectivity index (χ3v) is 2.99. The number of carbonyl (C=O) groups is 1. The van der Waals surface area contributed by atoms with Crippen molar-refractivity contribution in [2.75, 3.05) is 11.9 Å². The normalized spacial score (nSPS) is 10.3. The van der Waals surface area contributed by atoms with Gasteiger partial charge >= 0.3 is 0 Å². The van der Waals surface area contributed by atoms with Crippen LogP contribution < -0.4 is 10.1 Å². The molecule has 0 radical (unpaired) electrons. The molecule has 0 aliphatic heterocycles. The molecule has 19 heavy (non-hydrogen) atoms. The van der Waals surface area contributed by atoms with E-state index in [1.165, 1.54) is 0 Å². The Kier molecular flexibility index (Phi) is 4.24. The second-order valence-electron chi connectivity index (χ2n) is 3.59. The molecule has 8 heteroatoms. The molecule has 1 aromatic heterocycles. The zero-order valence-electron chi connectivity index (χ0n) is 9.81. The maximum Gasteiger partial charge on any atom is 0.263 e. The maximum absolute atomic E-state index is 11.6. The lowest BCUT2D eigenvalue weighted by Crippen LogP contribution is -2.20. The third-order valence-electron chi connectivity index (χ3n) is 2.19. The smallest absolute Gasteiger partial charge is 0.263 e. The summed E-state index contributed by atoms with van der Waals surface area (Å²) in [5.74, 6) is 0.181. The van der Waals surface area contributed by atoms with Gasteiger partial charge in [0.25, 0.3) is 5.91 Å². The van der Waals surface area contributed by atoms with Gasteiger partial charge in [-0.25, -0.2) is 4.63 Å². The van der Waals surface area contributed by atoms with Gasteiger partial charge in [-0.1, -0.05) is 34.4 Å². The first-order chi connectivity index (χ1) is 9.08. The highest BCUT2D eigenvalue weighted by Crippen LogP contribution is 2.31. The number of hydrogen-bond donors (Lipinski definition) is 1. The molecule has 0 aliphatic carbocycles. The van der Waals surface area contributed by atoms with E-state index < -0.39 is 5.91 Å². The number of anilines is 1. The number of rotatable bonds is 4. The Morgan fingerprint density at radius 2 is 2.21 bits per heavy atom. The summed E-state index contributed by atoms with van der Waals surface area (Å²) in [5.41, 5.74) is 0.481. The molecule has 0 spiro atoms. The van der Waals surface area contributed by atoms with E-state index in [2.05, 4.69) is 20.3 Å². The molecule has 0 atom stereocenters. The van der Waals surface area contributed by atoms with Crippen LogP contribution in [0.1, 0.15) is 5.69 Å². The highest BCUT2D eigenvalue weighted by Gasteiger charge is 2.11. The van der Waals surface area contributed by atoms with E-state index in [-0.39, 0.29) is 17.4 Å². The SMILES string of the molecule is Cc1nonc1NC(=O)COc1cccc(Cl)c1Cl. The number of nitrogens with zero attached hydrogens (tertiary/aromatic N) is 2. The fraction of sp³-hybridized carbons (Fsp3) is 0.182. The minimum atomic E-state index is -0.408. The summed E-state index contributed by atoms with van der Waals surface area (Å²) in [6.45, 7) is 1.42. The van der Waals surface area contributed by atoms with Crippen molar-refractivity contribution in [1.82, 2.24) is 10.3 Å². The minimum absolute atomic E-state index is 0.230. The summed E-state index contributed by atoms with van der Waals surface area (Å²) in [4.78, 5) is 11.6. The van der Waals surface area contributed by atoms with Crippen molar-refractivity contribution in [3.8, 4) is 5.75 Å². The van der Waals surface area contributed by atoms with E-state index in [0.717, 1.165) is 0 Å². The number of amides is 1. The monoisotopic (exact) mass is 301 g/mol. The molecule has 100 valence electrons. The van der Waals surface area contributed by atoms with E-state index in [1.54, 1.807) is 25.1 Å². The van der Waals surface area contributed by atoms with Crippen molar-refractivity contribution in [2.45, 2.75) is 6.92 Å². The second kappa shape index (κ2) is 5.90. The summed E-state index contributed by atoms with van der Waals surface area (Å²) in [5, 5.41) is 10.2. The second-order valence-corrected chi connectivity index (χ2v) is 4.37. The van der Waals surface area contributed by atoms with Crippen LogP contribution in [0, 0.1) is 6.92 Å². The van der Waals surface area contributed by atoms with E-state index in [1.807, 2.05) is 0 Å². The summed E-state index contributed by atoms with van der Waals surface area (Å²) < 4.78 is 9.71. The van der Waals surface area contributed by atoms with Gasteiger partial charge in [0.15, 0.2) is 12.4 Å². The first kappa shape index (κ1) is 13.6. The van der Waals surface area contributed by atoms with Gasteiger partial charge in [-0.15, -0.1) is 0 Å². The number of nitrogens with one attached hydrogen (secondary N) is 1. The number of aryl methyl sites for hydroxylation is 1. The van der Waals surface area contributed by atoms with E-state index in [9.17, 15) is 4.79 Å². The number of hydrogen-bond acceptors (Lipinski definition) is 5. The van der Waals surface area contributed by atoms with Crippen LogP contribution in [-0.4, -0.2) is 22.8 Å². The Balaban J connectivity index is 1.94.